The summed E-state index contributed by atoms with van der Waals surface area (Å²) in [6, 6.07) is 15.5. The van der Waals surface area contributed by atoms with Crippen LogP contribution in [-0.4, -0.2) is 41.6 Å². The first-order valence-electron chi connectivity index (χ1n) is 10.2. The van der Waals surface area contributed by atoms with E-state index in [1.54, 1.807) is 6.08 Å². The van der Waals surface area contributed by atoms with Crippen molar-refractivity contribution in [3.8, 4) is 5.75 Å². The first-order valence-corrected chi connectivity index (χ1v) is 11.0. The molecule has 0 unspecified atom stereocenters. The van der Waals surface area contributed by atoms with Crippen molar-refractivity contribution in [2.45, 2.75) is 26.7 Å². The van der Waals surface area contributed by atoms with E-state index < -0.39 is 0 Å². The van der Waals surface area contributed by atoms with Crippen LogP contribution in [0.2, 0.25) is 0 Å². The second-order valence-corrected chi connectivity index (χ2v) is 8.35. The third-order valence-corrected chi connectivity index (χ3v) is 5.65. The normalized spacial score (nSPS) is 14.9. The lowest BCUT2D eigenvalue weighted by Crippen LogP contribution is -2.37. The minimum absolute atomic E-state index is 0.130. The number of hydrogen-bond donors (Lipinski definition) is 1. The molecule has 0 aliphatic carbocycles. The van der Waals surface area contributed by atoms with Gasteiger partial charge >= 0.3 is 0 Å². The van der Waals surface area contributed by atoms with Crippen molar-refractivity contribution in [1.82, 2.24) is 10.2 Å². The van der Waals surface area contributed by atoms with E-state index in [9.17, 15) is 14.4 Å². The van der Waals surface area contributed by atoms with Crippen LogP contribution >= 0.6 is 11.8 Å². The van der Waals surface area contributed by atoms with Gasteiger partial charge in [0.15, 0.2) is 0 Å². The molecule has 1 N–H and O–H groups in total. The van der Waals surface area contributed by atoms with Gasteiger partial charge in [-0.25, -0.2) is 0 Å². The van der Waals surface area contributed by atoms with Gasteiger partial charge in [-0.3, -0.25) is 19.3 Å². The average molecular weight is 439 g/mol. The topological polar surface area (TPSA) is 75.7 Å². The van der Waals surface area contributed by atoms with Gasteiger partial charge in [-0.05, 0) is 55.8 Å². The molecule has 0 radical (unpaired) electrons. The van der Waals surface area contributed by atoms with Crippen LogP contribution < -0.4 is 10.1 Å². The van der Waals surface area contributed by atoms with Crippen LogP contribution in [0, 0.1) is 13.8 Å². The molecule has 3 amide bonds. The summed E-state index contributed by atoms with van der Waals surface area (Å²) in [5.74, 6) is 0.329. The van der Waals surface area contributed by atoms with Gasteiger partial charge < -0.3 is 10.1 Å². The van der Waals surface area contributed by atoms with Gasteiger partial charge in [-0.1, -0.05) is 47.5 Å². The van der Waals surface area contributed by atoms with Gasteiger partial charge in [0.05, 0.1) is 11.5 Å². The molecule has 2 aromatic carbocycles. The number of benzene rings is 2. The summed E-state index contributed by atoms with van der Waals surface area (Å²) in [6.45, 7) is 4.83. The smallest absolute Gasteiger partial charge is 0.293 e. The summed E-state index contributed by atoms with van der Waals surface area (Å²) in [6.07, 6.45) is 2.62. The van der Waals surface area contributed by atoms with Crippen LogP contribution in [0.5, 0.6) is 5.75 Å². The lowest BCUT2D eigenvalue weighted by Gasteiger charge is -2.13. The molecule has 0 saturated carbocycles. The van der Waals surface area contributed by atoms with Crippen LogP contribution in [0.25, 0.3) is 6.08 Å². The molecule has 1 heterocycles. The Balaban J connectivity index is 1.38. The number of hydrogen-bond acceptors (Lipinski definition) is 5. The zero-order valence-electron chi connectivity index (χ0n) is 17.7. The van der Waals surface area contributed by atoms with Crippen molar-refractivity contribution in [2.24, 2.45) is 0 Å². The van der Waals surface area contributed by atoms with E-state index in [-0.39, 0.29) is 30.1 Å². The number of nitrogens with one attached hydrogen (secondary N) is 1. The summed E-state index contributed by atoms with van der Waals surface area (Å²) in [4.78, 5) is 38.3. The molecule has 0 aromatic heterocycles. The molecular weight excluding hydrogens is 412 g/mol. The average Bonchev–Trinajstić information content (AvgIpc) is 3.01. The first kappa shape index (κ1) is 22.6. The lowest BCUT2D eigenvalue weighted by molar-refractivity contribution is -0.124. The van der Waals surface area contributed by atoms with Crippen LogP contribution in [0.3, 0.4) is 0 Å². The number of carbonyl (C=O) groups excluding carboxylic acids is 3. The van der Waals surface area contributed by atoms with Crippen LogP contribution in [-0.2, 0) is 9.59 Å². The molecule has 0 bridgehead atoms. The summed E-state index contributed by atoms with van der Waals surface area (Å²) in [5, 5.41) is 2.44. The second-order valence-electron chi connectivity index (χ2n) is 7.36. The summed E-state index contributed by atoms with van der Waals surface area (Å²) < 4.78 is 5.61. The van der Waals surface area contributed by atoms with Crippen molar-refractivity contribution in [3.63, 3.8) is 0 Å². The fourth-order valence-corrected chi connectivity index (χ4v) is 3.82. The molecule has 0 spiro atoms. The Hall–Kier alpha value is -3.06. The third-order valence-electron chi connectivity index (χ3n) is 4.74. The van der Waals surface area contributed by atoms with E-state index in [0.717, 1.165) is 34.2 Å². The Morgan fingerprint density at radius 3 is 2.35 bits per heavy atom. The molecule has 6 nitrogen and oxygen atoms in total. The Morgan fingerprint density at radius 1 is 1.03 bits per heavy atom. The molecule has 3 rings (SSSR count). The number of carbonyl (C=O) groups is 3. The highest BCUT2D eigenvalue weighted by Crippen LogP contribution is 2.31. The Morgan fingerprint density at radius 2 is 1.68 bits per heavy atom. The van der Waals surface area contributed by atoms with E-state index in [4.69, 9.17) is 4.74 Å². The SMILES string of the molecule is Cc1ccc(C=C2SC(=O)N(CCNC(=O)CCCOc3ccc(C)cc3)C2=O)cc1. The maximum atomic E-state index is 12.5. The first-order chi connectivity index (χ1) is 14.9. The number of rotatable bonds is 9. The van der Waals surface area contributed by atoms with Gasteiger partial charge in [-0.15, -0.1) is 0 Å². The van der Waals surface area contributed by atoms with Gasteiger partial charge in [0.2, 0.25) is 5.91 Å². The fourth-order valence-electron chi connectivity index (χ4n) is 2.96. The summed E-state index contributed by atoms with van der Waals surface area (Å²) in [7, 11) is 0. The number of amides is 3. The van der Waals surface area contributed by atoms with Gasteiger partial charge in [-0.2, -0.15) is 0 Å². The second kappa shape index (κ2) is 10.8. The standard InChI is InChI=1S/C24H26N2O4S/c1-17-5-9-19(10-6-17)16-21-23(28)26(24(29)31-21)14-13-25-22(27)4-3-15-30-20-11-7-18(2)8-12-20/h5-12,16H,3-4,13-15H2,1-2H3,(H,25,27). The summed E-state index contributed by atoms with van der Waals surface area (Å²) >= 11 is 0.925. The van der Waals surface area contributed by atoms with Crippen molar-refractivity contribution < 1.29 is 19.1 Å². The lowest BCUT2D eigenvalue weighted by atomic mass is 10.1. The largest absolute Gasteiger partial charge is 0.494 e. The molecule has 31 heavy (non-hydrogen) atoms. The van der Waals surface area contributed by atoms with Gasteiger partial charge in [0.25, 0.3) is 11.1 Å². The monoisotopic (exact) mass is 438 g/mol. The van der Waals surface area contributed by atoms with Crippen molar-refractivity contribution in [2.75, 3.05) is 19.7 Å². The van der Waals surface area contributed by atoms with Crippen molar-refractivity contribution >= 4 is 34.9 Å². The minimum Gasteiger partial charge on any atom is -0.494 e. The highest BCUT2D eigenvalue weighted by Gasteiger charge is 2.34. The Bertz CT molecular complexity index is 968. The maximum Gasteiger partial charge on any atom is 0.293 e. The number of ether oxygens (including phenoxy) is 1. The van der Waals surface area contributed by atoms with E-state index in [1.807, 2.05) is 62.4 Å². The zero-order valence-corrected chi connectivity index (χ0v) is 18.5. The highest BCUT2D eigenvalue weighted by atomic mass is 32.2. The number of thioether (sulfide) groups is 1. The predicted molar refractivity (Wildman–Crippen MR) is 123 cm³/mol. The Kier molecular flexibility index (Phi) is 7.89. The van der Waals surface area contributed by atoms with E-state index >= 15 is 0 Å². The molecule has 7 heteroatoms. The van der Waals surface area contributed by atoms with Gasteiger partial charge in [0, 0.05) is 19.5 Å². The van der Waals surface area contributed by atoms with Crippen molar-refractivity contribution in [3.05, 3.63) is 70.1 Å². The van der Waals surface area contributed by atoms with E-state index in [0.29, 0.717) is 24.4 Å². The molecule has 0 atom stereocenters. The minimum atomic E-state index is -0.323. The van der Waals surface area contributed by atoms with Gasteiger partial charge in [0.1, 0.15) is 5.75 Å². The highest BCUT2D eigenvalue weighted by molar-refractivity contribution is 8.18. The van der Waals surface area contributed by atoms with Crippen LogP contribution in [0.1, 0.15) is 29.5 Å². The summed E-state index contributed by atoms with van der Waals surface area (Å²) in [5.41, 5.74) is 3.16. The molecule has 1 aliphatic heterocycles. The van der Waals surface area contributed by atoms with Crippen molar-refractivity contribution in [1.29, 1.82) is 0 Å². The number of imide groups is 1. The number of nitrogens with zero attached hydrogens (tertiary/aromatic N) is 1. The molecule has 1 saturated heterocycles. The molecule has 1 aliphatic rings. The molecule has 2 aromatic rings. The molecule has 162 valence electrons. The third kappa shape index (κ3) is 6.72. The van der Waals surface area contributed by atoms with E-state index in [2.05, 4.69) is 5.32 Å². The van der Waals surface area contributed by atoms with Crippen LogP contribution in [0.15, 0.2) is 53.4 Å². The van der Waals surface area contributed by atoms with E-state index in [1.165, 1.54) is 4.90 Å². The predicted octanol–water partition coefficient (Wildman–Crippen LogP) is 4.32. The van der Waals surface area contributed by atoms with Crippen LogP contribution in [0.4, 0.5) is 4.79 Å². The molecule has 1 fully saturated rings. The Labute approximate surface area is 186 Å². The number of aryl methyl sites for hydroxylation is 2. The maximum absolute atomic E-state index is 12.5. The zero-order chi connectivity index (χ0) is 22.2. The molecular formula is C24H26N2O4S. The fraction of sp³-hybridized carbons (Fsp3) is 0.292. The quantitative estimate of drug-likeness (QED) is 0.466.